The SMILES string of the molecule is Cc1ccc(N(CCCl)CCCl)cc1C[C@H](CC(=O)OC(C)(C)C)N[B]C=O.Cc1ccc([N+](O)(CCCl)CCCl)cc1C[C@@H](N)CC(=O)O.Cc1ccc([N+](O)(CCCl)CCCl)cc1C[C@@H](N)CC(=O)O.Cc1ccc([N+](O)(CCCl)CCCl)cc1C[C@H](CC(=O)OC(C)(C)C)N[B]C=O.[Cl-].[Cl-]. The van der Waals surface area contributed by atoms with E-state index in [4.69, 9.17) is 124 Å². The minimum atomic E-state index is -0.919. The predicted octanol–water partition coefficient (Wildman–Crippen LogP) is 5.57. The van der Waals surface area contributed by atoms with Gasteiger partial charge in [-0.2, -0.15) is 0 Å². The number of halogens is 10. The molecule has 4 aromatic carbocycles. The first kappa shape index (κ1) is 102. The van der Waals surface area contributed by atoms with Crippen molar-refractivity contribution < 1.29 is 88.9 Å². The molecule has 580 valence electrons. The number of quaternary nitrogens is 3. The Morgan fingerprint density at radius 1 is 0.466 bits per heavy atom. The van der Waals surface area contributed by atoms with Crippen LogP contribution in [0.2, 0.25) is 0 Å². The molecule has 0 heterocycles. The minimum Gasteiger partial charge on any atom is -1.00 e. The van der Waals surface area contributed by atoms with Crippen LogP contribution < -0.4 is 65.6 Å². The number of ether oxygens (including phenoxy) is 2. The molecule has 4 aromatic rings. The van der Waals surface area contributed by atoms with Gasteiger partial charge < -0.3 is 80.9 Å². The lowest BCUT2D eigenvalue weighted by molar-refractivity contribution is -0.156. The van der Waals surface area contributed by atoms with Crippen LogP contribution in [0.5, 0.6) is 0 Å². The number of carbonyl (C=O) groups is 6. The Morgan fingerprint density at radius 2 is 0.738 bits per heavy atom. The largest absolute Gasteiger partial charge is 1.00 e. The molecule has 0 unspecified atom stereocenters. The number of rotatable bonds is 42. The Kier molecular flexibility index (Phi) is 51.8. The van der Waals surface area contributed by atoms with Gasteiger partial charge in [0.1, 0.15) is 50.5 Å². The first-order chi connectivity index (χ1) is 47.4. The van der Waals surface area contributed by atoms with Gasteiger partial charge in [-0.05, 0) is 152 Å². The van der Waals surface area contributed by atoms with Crippen LogP contribution in [0.15, 0.2) is 72.8 Å². The maximum Gasteiger partial charge on any atom is 0.307 e. The highest BCUT2D eigenvalue weighted by molar-refractivity contribution is 6.64. The molecule has 4 rings (SSSR count). The molecule has 0 bridgehead atoms. The quantitative estimate of drug-likeness (QED) is 0.00654. The van der Waals surface area contributed by atoms with E-state index in [1.807, 2.05) is 136 Å². The van der Waals surface area contributed by atoms with Crippen LogP contribution in [-0.4, -0.2) is 212 Å². The Morgan fingerprint density at radius 3 is 0.990 bits per heavy atom. The van der Waals surface area contributed by atoms with Crippen LogP contribution >= 0.6 is 92.8 Å². The van der Waals surface area contributed by atoms with Crippen molar-refractivity contribution in [1.29, 1.82) is 0 Å². The number of nitrogens with one attached hydrogen (secondary N) is 2. The zero-order chi connectivity index (χ0) is 76.7. The van der Waals surface area contributed by atoms with Crippen LogP contribution in [0.1, 0.15) is 112 Å². The molecule has 103 heavy (non-hydrogen) atoms. The van der Waals surface area contributed by atoms with E-state index in [-0.39, 0.29) is 100 Å². The number of hydrogen-bond donors (Lipinski definition) is 9. The molecule has 0 fully saturated rings. The van der Waals surface area contributed by atoms with E-state index < -0.39 is 35.2 Å². The van der Waals surface area contributed by atoms with E-state index in [9.17, 15) is 44.4 Å². The van der Waals surface area contributed by atoms with Crippen molar-refractivity contribution >= 4 is 167 Å². The summed E-state index contributed by atoms with van der Waals surface area (Å²) in [6.45, 7) is 22.2. The maximum atomic E-state index is 12.3. The van der Waals surface area contributed by atoms with Crippen LogP contribution in [0.25, 0.3) is 0 Å². The highest BCUT2D eigenvalue weighted by Gasteiger charge is 2.33. The fourth-order valence-corrected chi connectivity index (χ4v) is 12.7. The molecule has 0 aromatic heterocycles. The van der Waals surface area contributed by atoms with Crippen LogP contribution in [0.3, 0.4) is 0 Å². The Labute approximate surface area is 664 Å². The van der Waals surface area contributed by atoms with E-state index in [1.165, 1.54) is 14.8 Å². The molecule has 4 atom stereocenters. The lowest BCUT2D eigenvalue weighted by Crippen LogP contribution is -3.00. The summed E-state index contributed by atoms with van der Waals surface area (Å²) in [6.07, 6.45) is 3.34. The van der Waals surface area contributed by atoms with E-state index in [1.54, 1.807) is 0 Å². The molecule has 0 aliphatic carbocycles. The standard InChI is InChI=1S/C20H31BCl2N2O4.C20H30BCl2N2O3.2C15H22Cl2N2O3.2ClH/c1-15-5-6-18(25(28,9-7-22)10-8-23)12-16(15)11-17(24-21-14-26)13-19(27)29-20(2,3)4;1-15-5-6-18(25(9-7-22)10-8-23)12-16(15)11-17(24-21-14-26)13-19(27)28-20(2,3)4;2*1-11-2-3-14(19(22,6-4-16)7-5-17)9-12(11)8-13(18)10-15(20)21;;/h5-6,12,14,17,24,28H,7-11,13H2,1-4H3;5-6,12,14,17,24H,7-11,13H2,1-4H3;2*2-3,9,13,22H,4-8,10,18H2,1H3;2*1H/q+1;;;;;/t2*17-;2*13-;;/m1111../s1. The summed E-state index contributed by atoms with van der Waals surface area (Å²) < 4.78 is 9.79. The normalized spacial score (nSPS) is 12.7. The topological polar surface area (TPSA) is 301 Å². The second-order valence-corrected chi connectivity index (χ2v) is 29.5. The molecule has 0 aliphatic heterocycles. The average molecular weight is 1640 g/mol. The first-order valence-corrected chi connectivity index (χ1v) is 37.5. The van der Waals surface area contributed by atoms with E-state index in [0.29, 0.717) is 143 Å². The monoisotopic (exact) mass is 1640 g/mol. The second-order valence-electron chi connectivity index (χ2n) is 26.5. The van der Waals surface area contributed by atoms with Crippen molar-refractivity contribution in [1.82, 2.24) is 24.4 Å². The number of nitrogens with two attached hydrogens (primary N) is 2. The van der Waals surface area contributed by atoms with Crippen LogP contribution in [0.4, 0.5) is 22.7 Å². The van der Waals surface area contributed by atoms with Crippen molar-refractivity contribution in [2.45, 2.75) is 156 Å². The summed E-state index contributed by atoms with van der Waals surface area (Å²) in [7, 11) is 2.60. The van der Waals surface area contributed by atoms with Gasteiger partial charge in [0.15, 0.2) is 17.1 Å². The minimum absolute atomic E-state index is 0. The number of aliphatic carboxylic acids is 2. The number of hydroxylamine groups is 6. The number of carboxylic acids is 2. The summed E-state index contributed by atoms with van der Waals surface area (Å²) in [6, 6.07) is 21.5. The van der Waals surface area contributed by atoms with Crippen molar-refractivity contribution in [3.8, 4) is 0 Å². The summed E-state index contributed by atoms with van der Waals surface area (Å²) in [5.74, 6) is 0.309. The van der Waals surface area contributed by atoms with Crippen LogP contribution in [-0.2, 0) is 63.9 Å². The number of alkyl halides is 8. The highest BCUT2D eigenvalue weighted by Crippen LogP contribution is 2.30. The fourth-order valence-electron chi connectivity index (χ4n) is 10.6. The van der Waals surface area contributed by atoms with Gasteiger partial charge in [0, 0.05) is 91.1 Å². The van der Waals surface area contributed by atoms with Gasteiger partial charge in [0.2, 0.25) is 0 Å². The van der Waals surface area contributed by atoms with E-state index in [0.717, 1.165) is 50.2 Å². The number of esters is 2. The van der Waals surface area contributed by atoms with Gasteiger partial charge in [-0.15, -0.1) is 107 Å². The Bertz CT molecular complexity index is 3050. The number of carbonyl (C=O) groups excluding carboxylic acids is 4. The predicted molar refractivity (Wildman–Crippen MR) is 418 cm³/mol. The molecular weight excluding hydrogens is 1540 g/mol. The zero-order valence-electron chi connectivity index (χ0n) is 60.7. The van der Waals surface area contributed by atoms with Gasteiger partial charge in [-0.1, -0.05) is 24.3 Å². The van der Waals surface area contributed by atoms with Crippen molar-refractivity contribution in [3.63, 3.8) is 0 Å². The van der Waals surface area contributed by atoms with Crippen LogP contribution in [0, 0.1) is 27.7 Å². The van der Waals surface area contributed by atoms with Crippen molar-refractivity contribution in [3.05, 3.63) is 117 Å². The number of benzene rings is 4. The molecule has 0 spiro atoms. The fraction of sp³-hybridized carbons (Fsp3) is 0.571. The van der Waals surface area contributed by atoms with Gasteiger partial charge >= 0.3 is 23.9 Å². The molecule has 0 saturated carbocycles. The molecule has 11 N–H and O–H groups in total. The van der Waals surface area contributed by atoms with Crippen molar-refractivity contribution in [2.24, 2.45) is 11.5 Å². The lowest BCUT2D eigenvalue weighted by Gasteiger charge is -2.29. The van der Waals surface area contributed by atoms with Gasteiger partial charge in [0.25, 0.3) is 14.8 Å². The third kappa shape index (κ3) is 40.5. The number of carboxylic acid groups (broad SMARTS) is 2. The van der Waals surface area contributed by atoms with E-state index in [2.05, 4.69) is 21.4 Å². The Balaban J connectivity index is 0. The number of anilines is 1. The third-order valence-corrected chi connectivity index (χ3v) is 17.2. The van der Waals surface area contributed by atoms with E-state index >= 15 is 0 Å². The van der Waals surface area contributed by atoms with Crippen molar-refractivity contribution in [2.75, 3.05) is 104 Å². The molecule has 0 saturated heterocycles. The molecule has 33 heteroatoms. The first-order valence-electron chi connectivity index (χ1n) is 33.2. The number of nitrogens with zero attached hydrogens (tertiary/aromatic N) is 4. The molecular formula is C70H107B2Cl10N8O13+. The molecule has 0 amide bonds. The maximum absolute atomic E-state index is 12.3. The number of aryl methyl sites for hydroxylation is 4. The smallest absolute Gasteiger partial charge is 0.307 e. The Hall–Kier alpha value is -3.47. The zero-order valence-corrected chi connectivity index (χ0v) is 68.3. The lowest BCUT2D eigenvalue weighted by atomic mass is 9.91. The molecule has 2 radical (unpaired) electrons. The second kappa shape index (κ2) is 52.6. The van der Waals surface area contributed by atoms with Gasteiger partial charge in [-0.25, -0.2) is 15.6 Å². The van der Waals surface area contributed by atoms with Gasteiger partial charge in [-0.3, -0.25) is 19.2 Å². The third-order valence-electron chi connectivity index (χ3n) is 15.8. The molecule has 0 aliphatic rings. The summed E-state index contributed by atoms with van der Waals surface area (Å²) >= 11 is 46.7. The average Bonchev–Trinajstić information content (AvgIpc) is 0.827. The summed E-state index contributed by atoms with van der Waals surface area (Å²) in [5, 5.41) is 56.0. The van der Waals surface area contributed by atoms with Gasteiger partial charge in [0.05, 0.1) is 73.3 Å². The molecule has 21 nitrogen and oxygen atoms in total. The number of hydrogen-bond acceptors (Lipinski definition) is 16. The summed E-state index contributed by atoms with van der Waals surface area (Å²) in [4.78, 5) is 69.7. The highest BCUT2D eigenvalue weighted by atomic mass is 35.5. The summed E-state index contributed by atoms with van der Waals surface area (Å²) in [5.41, 5.74) is 21.7.